The van der Waals surface area contributed by atoms with Gasteiger partial charge in [-0.25, -0.2) is 0 Å². The van der Waals surface area contributed by atoms with E-state index < -0.39 is 6.10 Å². The summed E-state index contributed by atoms with van der Waals surface area (Å²) in [4.78, 5) is 0. The molecule has 0 saturated heterocycles. The van der Waals surface area contributed by atoms with Crippen LogP contribution in [0.1, 0.15) is 12.0 Å². The van der Waals surface area contributed by atoms with E-state index >= 15 is 0 Å². The first-order valence-corrected chi connectivity index (χ1v) is 8.46. The summed E-state index contributed by atoms with van der Waals surface area (Å²) in [7, 11) is 0. The van der Waals surface area contributed by atoms with E-state index in [-0.39, 0.29) is 6.61 Å². The maximum Gasteiger partial charge on any atom is 0.0776 e. The number of aliphatic hydroxyl groups is 2. The molecule has 1 aromatic carbocycles. The minimum absolute atomic E-state index is 0.0318. The molecule has 0 aliphatic carbocycles. The Morgan fingerprint density at radius 2 is 1.29 bits per heavy atom. The van der Waals surface area contributed by atoms with E-state index in [1.807, 2.05) is 18.2 Å². The quantitative estimate of drug-likeness (QED) is 0.437. The van der Waals surface area contributed by atoms with Crippen molar-refractivity contribution >= 4 is 0 Å². The average Bonchev–Trinajstić information content (AvgIpc) is 2.62. The van der Waals surface area contributed by atoms with Crippen molar-refractivity contribution in [2.75, 3.05) is 59.5 Å². The van der Waals surface area contributed by atoms with Crippen LogP contribution in [0.15, 0.2) is 30.3 Å². The zero-order valence-electron chi connectivity index (χ0n) is 14.3. The Kier molecular flexibility index (Phi) is 13.6. The third-order valence-corrected chi connectivity index (χ3v) is 3.27. The molecule has 0 aliphatic rings. The Bertz CT molecular complexity index is 373. The van der Waals surface area contributed by atoms with Gasteiger partial charge in [0.2, 0.25) is 0 Å². The van der Waals surface area contributed by atoms with Gasteiger partial charge in [0.15, 0.2) is 0 Å². The lowest BCUT2D eigenvalue weighted by Gasteiger charge is -2.11. The van der Waals surface area contributed by atoms with Gasteiger partial charge in [0.05, 0.1) is 65.6 Å². The van der Waals surface area contributed by atoms with Crippen LogP contribution in [-0.2, 0) is 25.4 Å². The summed E-state index contributed by atoms with van der Waals surface area (Å²) in [6, 6.07) is 10.1. The van der Waals surface area contributed by atoms with Crippen molar-refractivity contribution in [2.45, 2.75) is 18.9 Å². The lowest BCUT2D eigenvalue weighted by atomic mass is 10.1. The molecule has 6 nitrogen and oxygen atoms in total. The summed E-state index contributed by atoms with van der Waals surface area (Å²) in [6.45, 7) is 3.62. The van der Waals surface area contributed by atoms with Crippen LogP contribution in [0.5, 0.6) is 0 Å². The van der Waals surface area contributed by atoms with Gasteiger partial charge in [0, 0.05) is 0 Å². The van der Waals surface area contributed by atoms with E-state index in [1.54, 1.807) is 0 Å². The number of hydrogen-bond acceptors (Lipinski definition) is 6. The highest BCUT2D eigenvalue weighted by Crippen LogP contribution is 2.05. The Morgan fingerprint density at radius 1 is 0.750 bits per heavy atom. The molecule has 1 aromatic rings. The molecule has 24 heavy (non-hydrogen) atoms. The lowest BCUT2D eigenvalue weighted by molar-refractivity contribution is -0.0193. The monoisotopic (exact) mass is 342 g/mol. The van der Waals surface area contributed by atoms with Crippen molar-refractivity contribution in [3.05, 3.63) is 35.9 Å². The molecule has 6 heteroatoms. The summed E-state index contributed by atoms with van der Waals surface area (Å²) >= 11 is 0. The average molecular weight is 342 g/mol. The smallest absolute Gasteiger partial charge is 0.0776 e. The van der Waals surface area contributed by atoms with Crippen molar-refractivity contribution < 1.29 is 29.2 Å². The predicted octanol–water partition coefficient (Wildman–Crippen LogP) is 1.04. The lowest BCUT2D eigenvalue weighted by Crippen LogP contribution is -2.18. The van der Waals surface area contributed by atoms with Crippen LogP contribution in [0, 0.1) is 0 Å². The molecule has 0 aliphatic heterocycles. The van der Waals surface area contributed by atoms with Crippen molar-refractivity contribution in [1.82, 2.24) is 0 Å². The molecule has 0 spiro atoms. The fraction of sp³-hybridized carbons (Fsp3) is 0.667. The Balaban J connectivity index is 1.81. The normalized spacial score (nSPS) is 12.4. The van der Waals surface area contributed by atoms with Gasteiger partial charge < -0.3 is 29.2 Å². The Labute approximate surface area is 144 Å². The second-order valence-corrected chi connectivity index (χ2v) is 5.31. The first-order chi connectivity index (χ1) is 11.8. The second kappa shape index (κ2) is 15.5. The number of rotatable bonds is 16. The van der Waals surface area contributed by atoms with Crippen LogP contribution in [0.25, 0.3) is 0 Å². The molecule has 1 unspecified atom stereocenters. The van der Waals surface area contributed by atoms with Crippen LogP contribution in [-0.4, -0.2) is 75.8 Å². The highest BCUT2D eigenvalue weighted by molar-refractivity contribution is 5.14. The Hall–Kier alpha value is -1.02. The topological polar surface area (TPSA) is 77.4 Å². The number of aliphatic hydroxyl groups excluding tert-OH is 2. The SMILES string of the molecule is OCCOCCOCCOCCOCC(O)CCc1ccccc1. The van der Waals surface area contributed by atoms with Crippen molar-refractivity contribution in [1.29, 1.82) is 0 Å². The number of benzene rings is 1. The largest absolute Gasteiger partial charge is 0.394 e. The van der Waals surface area contributed by atoms with E-state index in [0.29, 0.717) is 59.3 Å². The fourth-order valence-electron chi connectivity index (χ4n) is 2.00. The van der Waals surface area contributed by atoms with Gasteiger partial charge in [-0.05, 0) is 18.4 Å². The second-order valence-electron chi connectivity index (χ2n) is 5.31. The minimum atomic E-state index is -0.451. The van der Waals surface area contributed by atoms with Gasteiger partial charge in [0.1, 0.15) is 0 Å². The first kappa shape index (κ1) is 21.0. The molecule has 138 valence electrons. The van der Waals surface area contributed by atoms with Gasteiger partial charge in [-0.2, -0.15) is 0 Å². The molecule has 0 amide bonds. The molecule has 1 atom stereocenters. The molecular formula is C18H30O6. The molecule has 1 rings (SSSR count). The highest BCUT2D eigenvalue weighted by atomic mass is 16.6. The molecule has 0 heterocycles. The molecule has 0 bridgehead atoms. The number of ether oxygens (including phenoxy) is 4. The maximum atomic E-state index is 9.86. The van der Waals surface area contributed by atoms with Crippen LogP contribution >= 0.6 is 0 Å². The van der Waals surface area contributed by atoms with Crippen molar-refractivity contribution in [3.63, 3.8) is 0 Å². The summed E-state index contributed by atoms with van der Waals surface area (Å²) in [6.07, 6.45) is 1.09. The summed E-state index contributed by atoms with van der Waals surface area (Å²) in [5.41, 5.74) is 1.22. The van der Waals surface area contributed by atoms with Crippen LogP contribution in [0.3, 0.4) is 0 Å². The zero-order valence-corrected chi connectivity index (χ0v) is 14.3. The fourth-order valence-corrected chi connectivity index (χ4v) is 2.00. The minimum Gasteiger partial charge on any atom is -0.394 e. The Morgan fingerprint density at radius 3 is 1.88 bits per heavy atom. The van der Waals surface area contributed by atoms with Crippen LogP contribution in [0.2, 0.25) is 0 Å². The van der Waals surface area contributed by atoms with Crippen molar-refractivity contribution in [3.8, 4) is 0 Å². The van der Waals surface area contributed by atoms with E-state index in [2.05, 4.69) is 12.1 Å². The van der Waals surface area contributed by atoms with Crippen LogP contribution in [0.4, 0.5) is 0 Å². The molecule has 0 radical (unpaired) electrons. The third kappa shape index (κ3) is 12.4. The first-order valence-electron chi connectivity index (χ1n) is 8.46. The molecule has 0 saturated carbocycles. The van der Waals surface area contributed by atoms with E-state index in [9.17, 15) is 5.11 Å². The van der Waals surface area contributed by atoms with Crippen LogP contribution < -0.4 is 0 Å². The van der Waals surface area contributed by atoms with Gasteiger partial charge >= 0.3 is 0 Å². The number of hydrogen-bond donors (Lipinski definition) is 2. The summed E-state index contributed by atoms with van der Waals surface area (Å²) in [5.74, 6) is 0. The summed E-state index contributed by atoms with van der Waals surface area (Å²) in [5, 5.41) is 18.4. The standard InChI is InChI=1S/C18H30O6/c19-8-9-21-10-11-22-12-13-23-14-15-24-16-18(20)7-6-17-4-2-1-3-5-17/h1-5,18-20H,6-16H2. The molecule has 2 N–H and O–H groups in total. The third-order valence-electron chi connectivity index (χ3n) is 3.27. The maximum absolute atomic E-state index is 9.86. The number of aryl methyl sites for hydroxylation is 1. The van der Waals surface area contributed by atoms with E-state index in [1.165, 1.54) is 5.56 Å². The molecule has 0 aromatic heterocycles. The molecular weight excluding hydrogens is 312 g/mol. The summed E-state index contributed by atoms with van der Waals surface area (Å²) < 4.78 is 21.1. The van der Waals surface area contributed by atoms with E-state index in [0.717, 1.165) is 6.42 Å². The zero-order chi connectivity index (χ0) is 17.3. The van der Waals surface area contributed by atoms with E-state index in [4.69, 9.17) is 24.1 Å². The van der Waals surface area contributed by atoms with Gasteiger partial charge in [0.25, 0.3) is 0 Å². The van der Waals surface area contributed by atoms with Crippen molar-refractivity contribution in [2.24, 2.45) is 0 Å². The van der Waals surface area contributed by atoms with Gasteiger partial charge in [-0.1, -0.05) is 30.3 Å². The highest BCUT2D eigenvalue weighted by Gasteiger charge is 2.04. The van der Waals surface area contributed by atoms with Gasteiger partial charge in [-0.15, -0.1) is 0 Å². The molecule has 0 fully saturated rings. The predicted molar refractivity (Wildman–Crippen MR) is 91.1 cm³/mol. The van der Waals surface area contributed by atoms with Gasteiger partial charge in [-0.3, -0.25) is 0 Å².